The minimum Gasteiger partial charge on any atom is -0.395 e. The Balaban J connectivity index is 2.11. The number of fused-ring (bicyclic) bond motifs is 1. The van der Waals surface area contributed by atoms with E-state index in [9.17, 15) is 13.5 Å². The number of ether oxygens (including phenoxy) is 1. The third-order valence-electron chi connectivity index (χ3n) is 3.12. The largest absolute Gasteiger partial charge is 0.395 e. The lowest BCUT2D eigenvalue weighted by molar-refractivity contribution is 0.0108. The SMILES string of the molecule is O=S(=O)(c1c(Cl)nc2sccn12)N1CCOCC1CO. The first kappa shape index (κ1) is 14.2. The Morgan fingerprint density at radius 2 is 2.40 bits per heavy atom. The van der Waals surface area contributed by atoms with Crippen molar-refractivity contribution in [2.24, 2.45) is 0 Å². The Kier molecular flexibility index (Phi) is 3.73. The standard InChI is InChI=1S/C10H12ClN3O4S2/c11-8-9(13-2-4-19-10(13)12-8)20(16,17)14-1-3-18-6-7(14)5-15/h2,4,7,15H,1,3,5-6H2. The van der Waals surface area contributed by atoms with Crippen LogP contribution in [0, 0.1) is 0 Å². The highest BCUT2D eigenvalue weighted by molar-refractivity contribution is 7.89. The van der Waals surface area contributed by atoms with Gasteiger partial charge in [0.1, 0.15) is 0 Å². The second kappa shape index (κ2) is 5.24. The zero-order valence-corrected chi connectivity index (χ0v) is 12.7. The lowest BCUT2D eigenvalue weighted by Crippen LogP contribution is -2.50. The molecule has 2 aromatic heterocycles. The summed E-state index contributed by atoms with van der Waals surface area (Å²) in [4.78, 5) is 4.55. The van der Waals surface area contributed by atoms with Crippen molar-refractivity contribution < 1.29 is 18.3 Å². The number of aliphatic hydroxyl groups is 1. The van der Waals surface area contributed by atoms with Crippen molar-refractivity contribution in [3.05, 3.63) is 16.7 Å². The average Bonchev–Trinajstić information content (AvgIpc) is 2.97. The van der Waals surface area contributed by atoms with Crippen LogP contribution in [0.2, 0.25) is 5.15 Å². The molecule has 3 heterocycles. The molecule has 0 radical (unpaired) electrons. The van der Waals surface area contributed by atoms with Crippen molar-refractivity contribution in [2.75, 3.05) is 26.4 Å². The number of sulfonamides is 1. The topological polar surface area (TPSA) is 84.1 Å². The van der Waals surface area contributed by atoms with Crippen molar-refractivity contribution >= 4 is 37.9 Å². The number of thiazole rings is 1. The molecule has 1 aliphatic heterocycles. The number of nitrogens with zero attached hydrogens (tertiary/aromatic N) is 3. The number of aliphatic hydroxyl groups excluding tert-OH is 1. The summed E-state index contributed by atoms with van der Waals surface area (Å²) in [6, 6.07) is -0.603. The predicted molar refractivity (Wildman–Crippen MR) is 73.7 cm³/mol. The van der Waals surface area contributed by atoms with Crippen LogP contribution >= 0.6 is 22.9 Å². The monoisotopic (exact) mass is 337 g/mol. The summed E-state index contributed by atoms with van der Waals surface area (Å²) >= 11 is 7.28. The van der Waals surface area contributed by atoms with Gasteiger partial charge in [-0.1, -0.05) is 11.6 Å². The number of hydrogen-bond acceptors (Lipinski definition) is 6. The number of hydrogen-bond donors (Lipinski definition) is 1. The lowest BCUT2D eigenvalue weighted by atomic mass is 10.3. The van der Waals surface area contributed by atoms with Crippen LogP contribution < -0.4 is 0 Å². The molecule has 1 N–H and O–H groups in total. The van der Waals surface area contributed by atoms with Gasteiger partial charge in [-0.15, -0.1) is 11.3 Å². The normalized spacial score (nSPS) is 21.6. The fraction of sp³-hybridized carbons (Fsp3) is 0.500. The van der Waals surface area contributed by atoms with Gasteiger partial charge in [-0.3, -0.25) is 4.40 Å². The summed E-state index contributed by atoms with van der Waals surface area (Å²) in [5, 5.41) is 10.9. The molecule has 0 spiro atoms. The van der Waals surface area contributed by atoms with Crippen LogP contribution in [0.5, 0.6) is 0 Å². The van der Waals surface area contributed by atoms with Crippen molar-refractivity contribution in [1.29, 1.82) is 0 Å². The second-order valence-corrected chi connectivity index (χ2v) is 7.33. The first-order valence-corrected chi connectivity index (χ1v) is 8.57. The van der Waals surface area contributed by atoms with E-state index in [4.69, 9.17) is 16.3 Å². The number of aromatic nitrogens is 2. The van der Waals surface area contributed by atoms with Gasteiger partial charge in [-0.25, -0.2) is 13.4 Å². The van der Waals surface area contributed by atoms with Crippen LogP contribution in [-0.4, -0.2) is 59.6 Å². The van der Waals surface area contributed by atoms with Crippen LogP contribution in [0.1, 0.15) is 0 Å². The van der Waals surface area contributed by atoms with Crippen LogP contribution in [0.15, 0.2) is 16.6 Å². The van der Waals surface area contributed by atoms with E-state index in [1.807, 2.05) is 0 Å². The molecular formula is C10H12ClN3O4S2. The molecule has 1 saturated heterocycles. The molecule has 1 fully saturated rings. The first-order valence-electron chi connectivity index (χ1n) is 5.87. The highest BCUT2D eigenvalue weighted by Gasteiger charge is 2.37. The van der Waals surface area contributed by atoms with Crippen LogP contribution in [-0.2, 0) is 14.8 Å². The van der Waals surface area contributed by atoms with Gasteiger partial charge in [0.2, 0.25) is 0 Å². The van der Waals surface area contributed by atoms with E-state index in [1.54, 1.807) is 11.6 Å². The van der Waals surface area contributed by atoms with Gasteiger partial charge in [0, 0.05) is 18.1 Å². The molecule has 0 amide bonds. The maximum absolute atomic E-state index is 12.8. The van der Waals surface area contributed by atoms with Gasteiger partial charge in [0.05, 0.1) is 25.9 Å². The van der Waals surface area contributed by atoms with Gasteiger partial charge in [0.15, 0.2) is 15.1 Å². The van der Waals surface area contributed by atoms with Crippen molar-refractivity contribution in [2.45, 2.75) is 11.1 Å². The van der Waals surface area contributed by atoms with Gasteiger partial charge in [-0.2, -0.15) is 4.31 Å². The predicted octanol–water partition coefficient (Wildman–Crippen LogP) is 0.431. The van der Waals surface area contributed by atoms with Crippen LogP contribution in [0.4, 0.5) is 0 Å². The van der Waals surface area contributed by atoms with E-state index in [1.165, 1.54) is 20.0 Å². The molecule has 3 rings (SSSR count). The molecule has 1 atom stereocenters. The summed E-state index contributed by atoms with van der Waals surface area (Å²) in [6.07, 6.45) is 1.61. The summed E-state index contributed by atoms with van der Waals surface area (Å²) in [5.74, 6) is 0. The minimum atomic E-state index is -3.84. The summed E-state index contributed by atoms with van der Waals surface area (Å²) < 4.78 is 33.4. The maximum atomic E-state index is 12.8. The average molecular weight is 338 g/mol. The van der Waals surface area contributed by atoms with E-state index in [2.05, 4.69) is 4.98 Å². The van der Waals surface area contributed by atoms with Crippen molar-refractivity contribution in [3.8, 4) is 0 Å². The molecule has 0 saturated carbocycles. The van der Waals surface area contributed by atoms with Crippen molar-refractivity contribution in [1.82, 2.24) is 13.7 Å². The van der Waals surface area contributed by atoms with E-state index in [0.717, 1.165) is 0 Å². The summed E-state index contributed by atoms with van der Waals surface area (Å²) in [7, 11) is -3.84. The molecule has 0 aromatic carbocycles. The Morgan fingerprint density at radius 1 is 1.60 bits per heavy atom. The Labute approximate surface area is 124 Å². The molecule has 1 aliphatic rings. The molecule has 20 heavy (non-hydrogen) atoms. The first-order chi connectivity index (χ1) is 9.55. The van der Waals surface area contributed by atoms with Gasteiger partial charge >= 0.3 is 0 Å². The van der Waals surface area contributed by atoms with Crippen LogP contribution in [0.25, 0.3) is 4.96 Å². The van der Waals surface area contributed by atoms with E-state index in [0.29, 0.717) is 11.6 Å². The highest BCUT2D eigenvalue weighted by Crippen LogP contribution is 2.29. The van der Waals surface area contributed by atoms with E-state index in [-0.39, 0.29) is 29.9 Å². The molecule has 110 valence electrons. The molecule has 1 unspecified atom stereocenters. The fourth-order valence-corrected chi connectivity index (χ4v) is 5.18. The van der Waals surface area contributed by atoms with E-state index >= 15 is 0 Å². The molecule has 10 heteroatoms. The van der Waals surface area contributed by atoms with E-state index < -0.39 is 16.1 Å². The molecule has 0 aliphatic carbocycles. The molecule has 0 bridgehead atoms. The van der Waals surface area contributed by atoms with Gasteiger partial charge in [0.25, 0.3) is 10.0 Å². The van der Waals surface area contributed by atoms with Gasteiger partial charge < -0.3 is 9.84 Å². The number of rotatable bonds is 3. The number of morpholine rings is 1. The highest BCUT2D eigenvalue weighted by atomic mass is 35.5. The molecule has 2 aromatic rings. The minimum absolute atomic E-state index is 0.0555. The Morgan fingerprint density at radius 3 is 3.15 bits per heavy atom. The lowest BCUT2D eigenvalue weighted by Gasteiger charge is -2.33. The van der Waals surface area contributed by atoms with Crippen LogP contribution in [0.3, 0.4) is 0 Å². The smallest absolute Gasteiger partial charge is 0.262 e. The third kappa shape index (κ3) is 2.14. The Bertz CT molecular complexity index is 726. The zero-order chi connectivity index (χ0) is 14.3. The number of halogens is 1. The molecular weight excluding hydrogens is 326 g/mol. The van der Waals surface area contributed by atoms with Crippen molar-refractivity contribution in [3.63, 3.8) is 0 Å². The summed E-state index contributed by atoms with van der Waals surface area (Å²) in [5.41, 5.74) is 0. The zero-order valence-electron chi connectivity index (χ0n) is 10.3. The Hall–Kier alpha value is -0.710. The molecule has 7 nitrogen and oxygen atoms in total. The maximum Gasteiger partial charge on any atom is 0.262 e. The fourth-order valence-electron chi connectivity index (χ4n) is 2.18. The third-order valence-corrected chi connectivity index (χ3v) is 6.22. The quantitative estimate of drug-likeness (QED) is 0.878. The van der Waals surface area contributed by atoms with Gasteiger partial charge in [-0.05, 0) is 0 Å². The second-order valence-electron chi connectivity index (χ2n) is 4.29. The number of imidazole rings is 1. The summed E-state index contributed by atoms with van der Waals surface area (Å²) in [6.45, 7) is 0.335.